The Kier molecular flexibility index (Phi) is 4.98. The van der Waals surface area contributed by atoms with E-state index in [0.29, 0.717) is 0 Å². The third-order valence-electron chi connectivity index (χ3n) is 4.33. The normalized spacial score (nSPS) is 17.0. The molecular weight excluding hydrogens is 308 g/mol. The van der Waals surface area contributed by atoms with Crippen molar-refractivity contribution >= 4 is 28.6 Å². The van der Waals surface area contributed by atoms with Crippen LogP contribution in [0.25, 0.3) is 0 Å². The van der Waals surface area contributed by atoms with E-state index in [2.05, 4.69) is 10.2 Å². The molecule has 1 unspecified atom stereocenters. The number of aliphatic hydroxyl groups excluding tert-OH is 1. The first-order valence-electron chi connectivity index (χ1n) is 8.01. The fourth-order valence-electron chi connectivity index (χ4n) is 2.87. The Hall–Kier alpha value is -1.85. The Bertz CT molecular complexity index is 649. The first-order valence-corrected chi connectivity index (χ1v) is 8.89. The van der Waals surface area contributed by atoms with Crippen LogP contribution in [0.2, 0.25) is 0 Å². The van der Waals surface area contributed by atoms with Crippen molar-refractivity contribution in [3.05, 3.63) is 46.7 Å². The Balaban J connectivity index is 1.74. The molecule has 1 aliphatic heterocycles. The second kappa shape index (κ2) is 7.15. The summed E-state index contributed by atoms with van der Waals surface area (Å²) in [6, 6.07) is 11.9. The Morgan fingerprint density at radius 3 is 2.70 bits per heavy atom. The number of amides is 1. The van der Waals surface area contributed by atoms with Gasteiger partial charge in [-0.25, -0.2) is 0 Å². The molecule has 1 amide bonds. The molecule has 2 aromatic rings. The lowest BCUT2D eigenvalue weighted by atomic mass is 10.1. The molecule has 1 aliphatic rings. The molecule has 1 atom stereocenters. The summed E-state index contributed by atoms with van der Waals surface area (Å²) in [6.07, 6.45) is 1.34. The summed E-state index contributed by atoms with van der Waals surface area (Å²) in [6.45, 7) is 3.56. The van der Waals surface area contributed by atoms with Gasteiger partial charge < -0.3 is 15.3 Å². The summed E-state index contributed by atoms with van der Waals surface area (Å²) in [4.78, 5) is 15.8. The number of hydrogen-bond acceptors (Lipinski definition) is 4. The van der Waals surface area contributed by atoms with Crippen LogP contribution in [0.4, 0.5) is 11.4 Å². The fourth-order valence-corrected chi connectivity index (χ4v) is 3.65. The number of benzene rings is 1. The highest BCUT2D eigenvalue weighted by Gasteiger charge is 2.21. The molecule has 0 spiro atoms. The van der Waals surface area contributed by atoms with Gasteiger partial charge in [0.2, 0.25) is 5.91 Å². The van der Waals surface area contributed by atoms with E-state index in [9.17, 15) is 9.90 Å². The number of rotatable bonds is 4. The van der Waals surface area contributed by atoms with Gasteiger partial charge in [-0.15, -0.1) is 11.3 Å². The summed E-state index contributed by atoms with van der Waals surface area (Å²) in [5.41, 5.74) is 1.88. The van der Waals surface area contributed by atoms with E-state index in [4.69, 9.17) is 0 Å². The molecule has 1 fully saturated rings. The monoisotopic (exact) mass is 330 g/mol. The van der Waals surface area contributed by atoms with Crippen LogP contribution in [0.5, 0.6) is 0 Å². The zero-order chi connectivity index (χ0) is 16.2. The minimum Gasteiger partial charge on any atom is -0.393 e. The molecule has 0 aliphatic carbocycles. The lowest BCUT2D eigenvalue weighted by Gasteiger charge is -2.33. The smallest absolute Gasteiger partial charge is 0.232 e. The zero-order valence-corrected chi connectivity index (χ0v) is 14.1. The van der Waals surface area contributed by atoms with E-state index in [1.807, 2.05) is 48.7 Å². The fraction of sp³-hybridized carbons (Fsp3) is 0.389. The molecule has 3 rings (SSSR count). The molecule has 5 heteroatoms. The van der Waals surface area contributed by atoms with Crippen LogP contribution in [0.15, 0.2) is 41.8 Å². The predicted octanol–water partition coefficient (Wildman–Crippen LogP) is 3.45. The topological polar surface area (TPSA) is 52.6 Å². The first-order chi connectivity index (χ1) is 11.1. The number of thiophene rings is 1. The van der Waals surface area contributed by atoms with Gasteiger partial charge in [0, 0.05) is 18.0 Å². The molecular formula is C18H22N2O2S. The molecule has 1 saturated heterocycles. The predicted molar refractivity (Wildman–Crippen MR) is 95.3 cm³/mol. The van der Waals surface area contributed by atoms with Crippen LogP contribution in [-0.2, 0) is 4.79 Å². The number of carbonyl (C=O) groups excluding carboxylic acids is 1. The van der Waals surface area contributed by atoms with Crippen LogP contribution in [0.1, 0.15) is 30.6 Å². The summed E-state index contributed by atoms with van der Waals surface area (Å²) in [7, 11) is 0. The highest BCUT2D eigenvalue weighted by Crippen LogP contribution is 2.30. The van der Waals surface area contributed by atoms with Crippen LogP contribution < -0.4 is 10.2 Å². The van der Waals surface area contributed by atoms with Gasteiger partial charge in [-0.2, -0.15) is 0 Å². The van der Waals surface area contributed by atoms with Gasteiger partial charge in [-0.05, 0) is 43.3 Å². The van der Waals surface area contributed by atoms with Gasteiger partial charge in [-0.1, -0.05) is 18.2 Å². The molecule has 0 radical (unpaired) electrons. The number of hydrogen-bond donors (Lipinski definition) is 2. The number of nitrogens with one attached hydrogen (secondary N) is 1. The minimum absolute atomic E-state index is 0.0111. The zero-order valence-electron chi connectivity index (χ0n) is 13.2. The van der Waals surface area contributed by atoms with Crippen LogP contribution in [0.3, 0.4) is 0 Å². The van der Waals surface area contributed by atoms with Gasteiger partial charge in [0.05, 0.1) is 23.4 Å². The number of anilines is 2. The molecule has 2 heterocycles. The van der Waals surface area contributed by atoms with Crippen molar-refractivity contribution in [1.82, 2.24) is 0 Å². The molecule has 2 N–H and O–H groups in total. The maximum Gasteiger partial charge on any atom is 0.232 e. The number of nitrogens with zero attached hydrogens (tertiary/aromatic N) is 1. The Morgan fingerprint density at radius 1 is 1.26 bits per heavy atom. The largest absolute Gasteiger partial charge is 0.393 e. The van der Waals surface area contributed by atoms with E-state index < -0.39 is 0 Å². The summed E-state index contributed by atoms with van der Waals surface area (Å²) in [5, 5.41) is 14.7. The van der Waals surface area contributed by atoms with Gasteiger partial charge in [-0.3, -0.25) is 4.79 Å². The van der Waals surface area contributed by atoms with E-state index in [-0.39, 0.29) is 17.9 Å². The average molecular weight is 330 g/mol. The van der Waals surface area contributed by atoms with Gasteiger partial charge in [0.1, 0.15) is 0 Å². The van der Waals surface area contributed by atoms with Crippen molar-refractivity contribution in [2.75, 3.05) is 23.3 Å². The lowest BCUT2D eigenvalue weighted by molar-refractivity contribution is -0.117. The molecule has 1 aromatic carbocycles. The quantitative estimate of drug-likeness (QED) is 0.903. The van der Waals surface area contributed by atoms with Crippen molar-refractivity contribution in [3.8, 4) is 0 Å². The van der Waals surface area contributed by atoms with Gasteiger partial charge >= 0.3 is 0 Å². The van der Waals surface area contributed by atoms with E-state index in [1.165, 1.54) is 0 Å². The number of para-hydroxylation sites is 2. The van der Waals surface area contributed by atoms with Crippen molar-refractivity contribution in [2.45, 2.75) is 31.8 Å². The van der Waals surface area contributed by atoms with Crippen LogP contribution in [-0.4, -0.2) is 30.2 Å². The first kappa shape index (κ1) is 16.0. The molecule has 4 nitrogen and oxygen atoms in total. The summed E-state index contributed by atoms with van der Waals surface area (Å²) in [5.74, 6) is -0.150. The second-order valence-corrected chi connectivity index (χ2v) is 6.94. The molecule has 122 valence electrons. The number of carbonyl (C=O) groups is 1. The van der Waals surface area contributed by atoms with Crippen LogP contribution >= 0.6 is 11.3 Å². The highest BCUT2D eigenvalue weighted by atomic mass is 32.1. The van der Waals surface area contributed by atoms with Crippen molar-refractivity contribution < 1.29 is 9.90 Å². The standard InChI is InChI=1S/C18H22N2O2S/c1-13(17-7-4-12-23-17)18(22)19-15-5-2-3-6-16(15)20-10-8-14(21)9-11-20/h2-7,12-14,21H,8-11H2,1H3,(H,19,22). The summed E-state index contributed by atoms with van der Waals surface area (Å²) < 4.78 is 0. The molecule has 0 bridgehead atoms. The second-order valence-electron chi connectivity index (χ2n) is 5.96. The number of piperidine rings is 1. The maximum absolute atomic E-state index is 12.5. The maximum atomic E-state index is 12.5. The van der Waals surface area contributed by atoms with Crippen molar-refractivity contribution in [1.29, 1.82) is 0 Å². The van der Waals surface area contributed by atoms with Crippen molar-refractivity contribution in [3.63, 3.8) is 0 Å². The highest BCUT2D eigenvalue weighted by molar-refractivity contribution is 7.10. The Labute approximate surface area is 140 Å². The minimum atomic E-state index is -0.202. The van der Waals surface area contributed by atoms with E-state index >= 15 is 0 Å². The molecule has 23 heavy (non-hydrogen) atoms. The lowest BCUT2D eigenvalue weighted by Crippen LogP contribution is -2.36. The SMILES string of the molecule is CC(C(=O)Nc1ccccc1N1CCC(O)CC1)c1cccs1. The summed E-state index contributed by atoms with van der Waals surface area (Å²) >= 11 is 1.60. The van der Waals surface area contributed by atoms with E-state index in [1.54, 1.807) is 11.3 Å². The number of aliphatic hydroxyl groups is 1. The average Bonchev–Trinajstić information content (AvgIpc) is 3.10. The van der Waals surface area contributed by atoms with Crippen LogP contribution in [0, 0.1) is 0 Å². The molecule has 0 saturated carbocycles. The van der Waals surface area contributed by atoms with Gasteiger partial charge in [0.15, 0.2) is 0 Å². The van der Waals surface area contributed by atoms with E-state index in [0.717, 1.165) is 42.2 Å². The third-order valence-corrected chi connectivity index (χ3v) is 5.39. The molecule has 1 aromatic heterocycles. The van der Waals surface area contributed by atoms with Crippen molar-refractivity contribution in [2.24, 2.45) is 0 Å². The Morgan fingerprint density at radius 2 is 2.00 bits per heavy atom. The van der Waals surface area contributed by atoms with Gasteiger partial charge in [0.25, 0.3) is 0 Å². The third kappa shape index (κ3) is 3.74.